The van der Waals surface area contributed by atoms with Gasteiger partial charge in [0.05, 0.1) is 5.69 Å². The van der Waals surface area contributed by atoms with Crippen molar-refractivity contribution in [2.24, 2.45) is 0 Å². The number of nitrogens with zero attached hydrogens (tertiary/aromatic N) is 1. The van der Waals surface area contributed by atoms with Crippen molar-refractivity contribution in [2.75, 3.05) is 5.32 Å². The number of carbonyl (C=O) groups is 1. The van der Waals surface area contributed by atoms with Gasteiger partial charge in [0.2, 0.25) is 0 Å². The Morgan fingerprint density at radius 3 is 2.62 bits per heavy atom. The van der Waals surface area contributed by atoms with Crippen molar-refractivity contribution in [3.8, 4) is 17.0 Å². The number of anilines is 1. The summed E-state index contributed by atoms with van der Waals surface area (Å²) in [4.78, 5) is 17.4. The molecule has 1 heterocycles. The average Bonchev–Trinajstić information content (AvgIpc) is 2.88. The molecule has 128 valence electrons. The lowest BCUT2D eigenvalue weighted by molar-refractivity contribution is -0.112. The van der Waals surface area contributed by atoms with Crippen LogP contribution >= 0.6 is 11.3 Å². The van der Waals surface area contributed by atoms with E-state index in [4.69, 9.17) is 0 Å². The van der Waals surface area contributed by atoms with E-state index in [1.807, 2.05) is 19.9 Å². The van der Waals surface area contributed by atoms with E-state index in [2.05, 4.69) is 15.0 Å². The van der Waals surface area contributed by atoms with E-state index in [1.165, 1.54) is 23.5 Å². The molecule has 7 heteroatoms. The van der Waals surface area contributed by atoms with Gasteiger partial charge in [-0.2, -0.15) is 8.78 Å². The topological polar surface area (TPSA) is 51.2 Å². The minimum Gasteiger partial charge on any atom is -0.435 e. The van der Waals surface area contributed by atoms with Crippen LogP contribution in [-0.2, 0) is 4.79 Å². The maximum atomic E-state index is 12.2. The number of aromatic nitrogens is 1. The van der Waals surface area contributed by atoms with E-state index >= 15 is 0 Å². The Morgan fingerprint density at radius 2 is 2.04 bits per heavy atom. The van der Waals surface area contributed by atoms with E-state index in [9.17, 15) is 13.6 Å². The number of amides is 1. The first-order chi connectivity index (χ1) is 11.4. The highest BCUT2D eigenvalue weighted by Crippen LogP contribution is 2.31. The van der Waals surface area contributed by atoms with Gasteiger partial charge in [-0.05, 0) is 44.5 Å². The van der Waals surface area contributed by atoms with Crippen molar-refractivity contribution in [1.29, 1.82) is 0 Å². The zero-order chi connectivity index (χ0) is 17.7. The molecule has 0 aliphatic rings. The average molecular weight is 352 g/mol. The minimum absolute atomic E-state index is 0.0930. The largest absolute Gasteiger partial charge is 0.435 e. The predicted octanol–water partition coefficient (Wildman–Crippen LogP) is 5.01. The summed E-state index contributed by atoms with van der Waals surface area (Å²) in [7, 11) is 0. The van der Waals surface area contributed by atoms with Crippen LogP contribution < -0.4 is 10.1 Å². The number of aryl methyl sites for hydroxylation is 1. The Hall–Kier alpha value is -2.28. The van der Waals surface area contributed by atoms with Crippen LogP contribution in [0.5, 0.6) is 5.75 Å². The van der Waals surface area contributed by atoms with Crippen molar-refractivity contribution >= 4 is 22.4 Å². The summed E-state index contributed by atoms with van der Waals surface area (Å²) in [6.45, 7) is 2.75. The third kappa shape index (κ3) is 4.61. The lowest BCUT2D eigenvalue weighted by atomic mass is 10.1. The number of allylic oxidation sites excluding steroid dienone is 1. The van der Waals surface area contributed by atoms with Crippen molar-refractivity contribution < 1.29 is 18.3 Å². The molecule has 0 saturated heterocycles. The van der Waals surface area contributed by atoms with Crippen LogP contribution in [0.2, 0.25) is 0 Å². The molecule has 0 aliphatic carbocycles. The Balaban J connectivity index is 2.16. The van der Waals surface area contributed by atoms with Gasteiger partial charge >= 0.3 is 6.61 Å². The zero-order valence-electron chi connectivity index (χ0n) is 13.6. The van der Waals surface area contributed by atoms with E-state index in [1.54, 1.807) is 19.1 Å². The number of rotatable bonds is 6. The van der Waals surface area contributed by atoms with Gasteiger partial charge in [0.25, 0.3) is 5.91 Å². The molecule has 0 saturated carbocycles. The molecular weight excluding hydrogens is 334 g/mol. The molecular formula is C17H18F2N2O2S. The van der Waals surface area contributed by atoms with E-state index in [-0.39, 0.29) is 11.7 Å². The molecule has 2 aromatic rings. The number of hydrogen-bond donors (Lipinski definition) is 1. The minimum atomic E-state index is -2.85. The molecule has 1 aromatic heterocycles. The van der Waals surface area contributed by atoms with E-state index in [0.717, 1.165) is 16.9 Å². The summed E-state index contributed by atoms with van der Waals surface area (Å²) in [6, 6.07) is 6.25. The number of halogens is 2. The second kappa shape index (κ2) is 8.01. The summed E-state index contributed by atoms with van der Waals surface area (Å²) in [5, 5.41) is 3.28. The van der Waals surface area contributed by atoms with Crippen LogP contribution in [0.3, 0.4) is 0 Å². The summed E-state index contributed by atoms with van der Waals surface area (Å²) in [5.74, 6) is -0.0895. The maximum absolute atomic E-state index is 12.2. The van der Waals surface area contributed by atoms with Gasteiger partial charge in [-0.3, -0.25) is 10.1 Å². The highest BCUT2D eigenvalue weighted by molar-refractivity contribution is 7.16. The summed E-state index contributed by atoms with van der Waals surface area (Å²) in [5.41, 5.74) is 2.11. The van der Waals surface area contributed by atoms with Crippen molar-refractivity contribution in [2.45, 2.75) is 33.8 Å². The smallest absolute Gasteiger partial charge is 0.387 e. The first kappa shape index (κ1) is 18.1. The molecule has 24 heavy (non-hydrogen) atoms. The Morgan fingerprint density at radius 1 is 1.38 bits per heavy atom. The van der Waals surface area contributed by atoms with Gasteiger partial charge in [0.15, 0.2) is 5.13 Å². The second-order valence-corrected chi connectivity index (χ2v) is 6.28. The predicted molar refractivity (Wildman–Crippen MR) is 91.6 cm³/mol. The first-order valence-electron chi connectivity index (χ1n) is 7.41. The highest BCUT2D eigenvalue weighted by atomic mass is 32.1. The van der Waals surface area contributed by atoms with Crippen LogP contribution in [0.25, 0.3) is 11.3 Å². The quantitative estimate of drug-likeness (QED) is 0.743. The standard InChI is InChI=1S/C17H18F2N2O2S/c1-4-5-10(2)15(22)21-17-20-14(11(3)24-17)12-6-8-13(9-7-12)23-16(18)19/h5-9,16H,4H2,1-3H3,(H,20,21,22)/b10-5-. The molecule has 0 fully saturated rings. The highest BCUT2D eigenvalue weighted by Gasteiger charge is 2.13. The van der Waals surface area contributed by atoms with E-state index in [0.29, 0.717) is 16.4 Å². The van der Waals surface area contributed by atoms with Crippen LogP contribution in [0.15, 0.2) is 35.9 Å². The van der Waals surface area contributed by atoms with Crippen LogP contribution in [0, 0.1) is 6.92 Å². The lowest BCUT2D eigenvalue weighted by Crippen LogP contribution is -2.12. The normalized spacial score (nSPS) is 11.7. The number of thiazole rings is 1. The molecule has 0 radical (unpaired) electrons. The Kier molecular flexibility index (Phi) is 6.03. The molecule has 4 nitrogen and oxygen atoms in total. The fraction of sp³-hybridized carbons (Fsp3) is 0.294. The molecule has 0 atom stereocenters. The maximum Gasteiger partial charge on any atom is 0.387 e. The molecule has 2 rings (SSSR count). The Labute approximate surface area is 143 Å². The van der Waals surface area contributed by atoms with Gasteiger partial charge in [0.1, 0.15) is 5.75 Å². The summed E-state index contributed by atoms with van der Waals surface area (Å²) < 4.78 is 28.7. The second-order valence-electron chi connectivity index (χ2n) is 5.08. The van der Waals surface area contributed by atoms with Gasteiger partial charge in [0, 0.05) is 16.0 Å². The Bertz CT molecular complexity index is 740. The number of benzene rings is 1. The van der Waals surface area contributed by atoms with Crippen LogP contribution in [0.4, 0.5) is 13.9 Å². The van der Waals surface area contributed by atoms with E-state index < -0.39 is 6.61 Å². The van der Waals surface area contributed by atoms with Crippen molar-refractivity contribution in [3.05, 3.63) is 40.8 Å². The number of nitrogens with one attached hydrogen (secondary N) is 1. The third-order valence-corrected chi connectivity index (χ3v) is 4.12. The molecule has 1 N–H and O–H groups in total. The fourth-order valence-corrected chi connectivity index (χ4v) is 2.94. The van der Waals surface area contributed by atoms with Crippen molar-refractivity contribution in [1.82, 2.24) is 4.98 Å². The molecule has 0 unspecified atom stereocenters. The lowest BCUT2D eigenvalue weighted by Gasteiger charge is -2.05. The van der Waals surface area contributed by atoms with Gasteiger partial charge in [-0.15, -0.1) is 11.3 Å². The summed E-state index contributed by atoms with van der Waals surface area (Å²) in [6.07, 6.45) is 2.63. The number of ether oxygens (including phenoxy) is 1. The first-order valence-corrected chi connectivity index (χ1v) is 8.23. The molecule has 0 aliphatic heterocycles. The summed E-state index contributed by atoms with van der Waals surface area (Å²) >= 11 is 1.37. The van der Waals surface area contributed by atoms with Crippen LogP contribution in [-0.4, -0.2) is 17.5 Å². The molecule has 0 bridgehead atoms. The number of carbonyl (C=O) groups excluding carboxylic acids is 1. The van der Waals surface area contributed by atoms with Crippen LogP contribution in [0.1, 0.15) is 25.1 Å². The van der Waals surface area contributed by atoms with Gasteiger partial charge in [-0.1, -0.05) is 13.0 Å². The monoisotopic (exact) mass is 352 g/mol. The fourth-order valence-electron chi connectivity index (χ4n) is 2.11. The number of hydrogen-bond acceptors (Lipinski definition) is 4. The van der Waals surface area contributed by atoms with Gasteiger partial charge < -0.3 is 4.74 Å². The van der Waals surface area contributed by atoms with Crippen molar-refractivity contribution in [3.63, 3.8) is 0 Å². The third-order valence-electron chi connectivity index (χ3n) is 3.24. The zero-order valence-corrected chi connectivity index (χ0v) is 14.4. The molecule has 0 spiro atoms. The molecule has 1 aromatic carbocycles. The number of alkyl halides is 2. The SMILES string of the molecule is CC/C=C(/C)C(=O)Nc1nc(-c2ccc(OC(F)F)cc2)c(C)s1. The molecule has 1 amide bonds. The van der Waals surface area contributed by atoms with Gasteiger partial charge in [-0.25, -0.2) is 4.98 Å².